The number of ether oxygens (including phenoxy) is 1. The molecule has 0 spiro atoms. The molecule has 0 bridgehead atoms. The summed E-state index contributed by atoms with van der Waals surface area (Å²) in [6, 6.07) is 7.85. The van der Waals surface area contributed by atoms with Crippen molar-refractivity contribution in [3.8, 4) is 0 Å². The molecule has 0 heterocycles. The number of carbonyl (C=O) groups is 1. The molecule has 1 amide bonds. The zero-order valence-electron chi connectivity index (χ0n) is 11.3. The number of nitrogens with two attached hydrogens (primary N) is 1. The van der Waals surface area contributed by atoms with Gasteiger partial charge in [-0.2, -0.15) is 0 Å². The number of rotatable bonds is 5. The fourth-order valence-corrected chi connectivity index (χ4v) is 1.58. The van der Waals surface area contributed by atoms with E-state index in [1.165, 1.54) is 0 Å². The summed E-state index contributed by atoms with van der Waals surface area (Å²) in [7, 11) is 1.73. The smallest absolute Gasteiger partial charge is 0.409 e. The van der Waals surface area contributed by atoms with Crippen molar-refractivity contribution < 1.29 is 9.53 Å². The van der Waals surface area contributed by atoms with E-state index >= 15 is 0 Å². The Balaban J connectivity index is 2.58. The van der Waals surface area contributed by atoms with E-state index in [0.717, 1.165) is 11.1 Å². The van der Waals surface area contributed by atoms with Gasteiger partial charge in [-0.1, -0.05) is 38.1 Å². The van der Waals surface area contributed by atoms with Crippen LogP contribution in [0.3, 0.4) is 0 Å². The molecule has 2 N–H and O–H groups in total. The number of carbonyl (C=O) groups excluding carboxylic acids is 1. The summed E-state index contributed by atoms with van der Waals surface area (Å²) in [5.41, 5.74) is 7.78. The summed E-state index contributed by atoms with van der Waals surface area (Å²) >= 11 is 0. The lowest BCUT2D eigenvalue weighted by Crippen LogP contribution is -2.28. The summed E-state index contributed by atoms with van der Waals surface area (Å²) in [4.78, 5) is 13.3. The van der Waals surface area contributed by atoms with Crippen molar-refractivity contribution in [2.24, 2.45) is 11.7 Å². The molecule has 100 valence electrons. The van der Waals surface area contributed by atoms with Gasteiger partial charge >= 0.3 is 6.09 Å². The standard InChI is InChI=1S/C14H22N2O2/c1-11(2)10-18-14(17)16(3)9-13-7-5-4-6-12(13)8-15/h4-7,11H,8-10,15H2,1-3H3. The second kappa shape index (κ2) is 7.01. The Bertz CT molecular complexity index is 391. The first kappa shape index (κ1) is 14.5. The summed E-state index contributed by atoms with van der Waals surface area (Å²) in [6.45, 7) is 5.46. The van der Waals surface area contributed by atoms with Crippen LogP contribution in [0.4, 0.5) is 4.79 Å². The van der Waals surface area contributed by atoms with Crippen LogP contribution in [0.5, 0.6) is 0 Å². The van der Waals surface area contributed by atoms with Gasteiger partial charge in [0.25, 0.3) is 0 Å². The molecule has 4 heteroatoms. The minimum absolute atomic E-state index is 0.296. The molecule has 0 aliphatic rings. The molecule has 18 heavy (non-hydrogen) atoms. The van der Waals surface area contributed by atoms with Crippen LogP contribution in [0.1, 0.15) is 25.0 Å². The Morgan fingerprint density at radius 3 is 2.50 bits per heavy atom. The molecule has 0 radical (unpaired) electrons. The van der Waals surface area contributed by atoms with E-state index in [1.807, 2.05) is 38.1 Å². The Morgan fingerprint density at radius 2 is 1.94 bits per heavy atom. The molecular formula is C14H22N2O2. The van der Waals surface area contributed by atoms with Gasteiger partial charge in [0, 0.05) is 20.1 Å². The Hall–Kier alpha value is -1.55. The number of hydrogen-bond acceptors (Lipinski definition) is 3. The van der Waals surface area contributed by atoms with Crippen molar-refractivity contribution in [1.82, 2.24) is 4.90 Å². The van der Waals surface area contributed by atoms with E-state index < -0.39 is 0 Å². The third kappa shape index (κ3) is 4.37. The molecule has 0 saturated carbocycles. The first-order chi connectivity index (χ1) is 8.54. The maximum absolute atomic E-state index is 11.7. The molecule has 1 aromatic rings. The predicted molar refractivity (Wildman–Crippen MR) is 72.0 cm³/mol. The lowest BCUT2D eigenvalue weighted by atomic mass is 10.1. The molecule has 1 rings (SSSR count). The van der Waals surface area contributed by atoms with Gasteiger partial charge in [0.15, 0.2) is 0 Å². The molecule has 0 atom stereocenters. The van der Waals surface area contributed by atoms with Gasteiger partial charge in [-0.05, 0) is 17.0 Å². The van der Waals surface area contributed by atoms with Crippen LogP contribution in [0, 0.1) is 5.92 Å². The second-order valence-corrected chi connectivity index (χ2v) is 4.80. The molecule has 1 aromatic carbocycles. The van der Waals surface area contributed by atoms with Crippen molar-refractivity contribution in [3.05, 3.63) is 35.4 Å². The van der Waals surface area contributed by atoms with Gasteiger partial charge in [-0.25, -0.2) is 4.79 Å². The van der Waals surface area contributed by atoms with E-state index in [9.17, 15) is 4.79 Å². The van der Waals surface area contributed by atoms with Crippen molar-refractivity contribution in [2.75, 3.05) is 13.7 Å². The summed E-state index contributed by atoms with van der Waals surface area (Å²) in [5, 5.41) is 0. The average Bonchev–Trinajstić information content (AvgIpc) is 2.36. The first-order valence-electron chi connectivity index (χ1n) is 6.19. The Labute approximate surface area is 109 Å². The summed E-state index contributed by atoms with van der Waals surface area (Å²) < 4.78 is 5.17. The highest BCUT2D eigenvalue weighted by Crippen LogP contribution is 2.11. The monoisotopic (exact) mass is 250 g/mol. The highest BCUT2D eigenvalue weighted by molar-refractivity contribution is 5.67. The maximum atomic E-state index is 11.7. The molecule has 0 aliphatic heterocycles. The van der Waals surface area contributed by atoms with Crippen molar-refractivity contribution in [1.29, 1.82) is 0 Å². The highest BCUT2D eigenvalue weighted by Gasteiger charge is 2.12. The maximum Gasteiger partial charge on any atom is 0.409 e. The van der Waals surface area contributed by atoms with Crippen LogP contribution in [0.15, 0.2) is 24.3 Å². The Morgan fingerprint density at radius 1 is 1.33 bits per heavy atom. The van der Waals surface area contributed by atoms with Gasteiger partial charge in [-0.15, -0.1) is 0 Å². The van der Waals surface area contributed by atoms with E-state index in [0.29, 0.717) is 25.6 Å². The van der Waals surface area contributed by atoms with Gasteiger partial charge in [0.2, 0.25) is 0 Å². The minimum atomic E-state index is -0.296. The largest absolute Gasteiger partial charge is 0.449 e. The summed E-state index contributed by atoms with van der Waals surface area (Å²) in [6.07, 6.45) is -0.296. The van der Waals surface area contributed by atoms with Crippen molar-refractivity contribution in [2.45, 2.75) is 26.9 Å². The number of hydrogen-bond donors (Lipinski definition) is 1. The molecule has 0 saturated heterocycles. The first-order valence-corrected chi connectivity index (χ1v) is 6.19. The highest BCUT2D eigenvalue weighted by atomic mass is 16.6. The SMILES string of the molecule is CC(C)COC(=O)N(C)Cc1ccccc1CN. The predicted octanol–water partition coefficient (Wildman–Crippen LogP) is 2.37. The zero-order chi connectivity index (χ0) is 13.5. The normalized spacial score (nSPS) is 10.5. The van der Waals surface area contributed by atoms with Crippen LogP contribution < -0.4 is 5.73 Å². The third-order valence-electron chi connectivity index (χ3n) is 2.60. The number of benzene rings is 1. The van der Waals surface area contributed by atoms with Crippen molar-refractivity contribution >= 4 is 6.09 Å². The minimum Gasteiger partial charge on any atom is -0.449 e. The van der Waals surface area contributed by atoms with E-state index in [4.69, 9.17) is 10.5 Å². The average molecular weight is 250 g/mol. The van der Waals surface area contributed by atoms with Crippen LogP contribution in [0.25, 0.3) is 0 Å². The molecule has 4 nitrogen and oxygen atoms in total. The van der Waals surface area contributed by atoms with Crippen LogP contribution in [0.2, 0.25) is 0 Å². The van der Waals surface area contributed by atoms with Gasteiger partial charge in [-0.3, -0.25) is 0 Å². The van der Waals surface area contributed by atoms with E-state index in [1.54, 1.807) is 11.9 Å². The summed E-state index contributed by atoms with van der Waals surface area (Å²) in [5.74, 6) is 0.346. The van der Waals surface area contributed by atoms with E-state index in [-0.39, 0.29) is 6.09 Å². The second-order valence-electron chi connectivity index (χ2n) is 4.80. The van der Waals surface area contributed by atoms with Crippen molar-refractivity contribution in [3.63, 3.8) is 0 Å². The number of amides is 1. The lowest BCUT2D eigenvalue weighted by molar-refractivity contribution is 0.0980. The molecule has 0 unspecified atom stereocenters. The molecular weight excluding hydrogens is 228 g/mol. The quantitative estimate of drug-likeness (QED) is 0.872. The van der Waals surface area contributed by atoms with Crippen LogP contribution in [-0.2, 0) is 17.8 Å². The number of nitrogens with zero attached hydrogens (tertiary/aromatic N) is 1. The van der Waals surface area contributed by atoms with Gasteiger partial charge in [0.05, 0.1) is 6.61 Å². The lowest BCUT2D eigenvalue weighted by Gasteiger charge is -2.19. The Kier molecular flexibility index (Phi) is 5.65. The topological polar surface area (TPSA) is 55.6 Å². The van der Waals surface area contributed by atoms with Gasteiger partial charge in [0.1, 0.15) is 0 Å². The molecule has 0 aliphatic carbocycles. The molecule has 0 fully saturated rings. The molecule has 0 aromatic heterocycles. The fraction of sp³-hybridized carbons (Fsp3) is 0.500. The van der Waals surface area contributed by atoms with Crippen LogP contribution in [-0.4, -0.2) is 24.6 Å². The fourth-order valence-electron chi connectivity index (χ4n) is 1.58. The van der Waals surface area contributed by atoms with Crippen LogP contribution >= 0.6 is 0 Å². The van der Waals surface area contributed by atoms with E-state index in [2.05, 4.69) is 0 Å². The third-order valence-corrected chi connectivity index (χ3v) is 2.60. The van der Waals surface area contributed by atoms with Gasteiger partial charge < -0.3 is 15.4 Å². The zero-order valence-corrected chi connectivity index (χ0v) is 11.3.